The molecular formula is C19H19NO3. The maximum absolute atomic E-state index is 12.1. The van der Waals surface area contributed by atoms with Gasteiger partial charge in [-0.2, -0.15) is 0 Å². The van der Waals surface area contributed by atoms with E-state index in [4.69, 9.17) is 4.74 Å². The highest BCUT2D eigenvalue weighted by molar-refractivity contribution is 6.08. The van der Waals surface area contributed by atoms with Crippen LogP contribution in [0.15, 0.2) is 54.6 Å². The average Bonchev–Trinajstić information content (AvgIpc) is 2.61. The molecule has 0 bridgehead atoms. The average molecular weight is 309 g/mol. The number of ether oxygens (including phenoxy) is 1. The SMILES string of the molecule is O=C(/C=C/c1ccc(N2CCOCC2)cc1)c1ccccc1O. The Kier molecular flexibility index (Phi) is 4.74. The lowest BCUT2D eigenvalue weighted by molar-refractivity contribution is 0.104. The monoisotopic (exact) mass is 309 g/mol. The van der Waals surface area contributed by atoms with Crippen molar-refractivity contribution < 1.29 is 14.6 Å². The summed E-state index contributed by atoms with van der Waals surface area (Å²) in [5.41, 5.74) is 2.43. The normalized spacial score (nSPS) is 15.0. The molecule has 4 nitrogen and oxygen atoms in total. The highest BCUT2D eigenvalue weighted by atomic mass is 16.5. The van der Waals surface area contributed by atoms with Gasteiger partial charge in [0.1, 0.15) is 5.75 Å². The molecule has 1 aliphatic rings. The van der Waals surface area contributed by atoms with Gasteiger partial charge >= 0.3 is 0 Å². The molecule has 1 fully saturated rings. The lowest BCUT2D eigenvalue weighted by Gasteiger charge is -2.28. The van der Waals surface area contributed by atoms with Crippen molar-refractivity contribution in [1.82, 2.24) is 0 Å². The van der Waals surface area contributed by atoms with E-state index in [1.165, 1.54) is 12.1 Å². The summed E-state index contributed by atoms with van der Waals surface area (Å²) in [5.74, 6) is -0.204. The van der Waals surface area contributed by atoms with Gasteiger partial charge < -0.3 is 14.7 Å². The predicted octanol–water partition coefficient (Wildman–Crippen LogP) is 3.12. The number of nitrogens with zero attached hydrogens (tertiary/aromatic N) is 1. The molecule has 0 radical (unpaired) electrons. The van der Waals surface area contributed by atoms with E-state index in [-0.39, 0.29) is 11.5 Å². The Morgan fingerprint density at radius 1 is 1.04 bits per heavy atom. The van der Waals surface area contributed by atoms with Gasteiger partial charge in [-0.25, -0.2) is 0 Å². The molecule has 0 atom stereocenters. The summed E-state index contributed by atoms with van der Waals surface area (Å²) in [7, 11) is 0. The number of morpholine rings is 1. The van der Waals surface area contributed by atoms with Gasteiger partial charge in [0.2, 0.25) is 0 Å². The fourth-order valence-electron chi connectivity index (χ4n) is 2.56. The third-order valence-electron chi connectivity index (χ3n) is 3.87. The molecule has 1 N–H and O–H groups in total. The molecular weight excluding hydrogens is 290 g/mol. The maximum Gasteiger partial charge on any atom is 0.189 e. The van der Waals surface area contributed by atoms with Crippen LogP contribution in [-0.4, -0.2) is 37.2 Å². The highest BCUT2D eigenvalue weighted by Gasteiger charge is 2.10. The van der Waals surface area contributed by atoms with E-state index in [9.17, 15) is 9.90 Å². The molecule has 0 saturated carbocycles. The van der Waals surface area contributed by atoms with Crippen LogP contribution in [0.2, 0.25) is 0 Å². The Morgan fingerprint density at radius 2 is 1.74 bits per heavy atom. The number of allylic oxidation sites excluding steroid dienone is 1. The van der Waals surface area contributed by atoms with E-state index in [0.717, 1.165) is 37.6 Å². The van der Waals surface area contributed by atoms with Crippen LogP contribution in [0.25, 0.3) is 6.08 Å². The van der Waals surface area contributed by atoms with Gasteiger partial charge in [0, 0.05) is 18.8 Å². The number of hydrogen-bond acceptors (Lipinski definition) is 4. The van der Waals surface area contributed by atoms with E-state index in [0.29, 0.717) is 5.56 Å². The summed E-state index contributed by atoms with van der Waals surface area (Å²) in [6.45, 7) is 3.33. The summed E-state index contributed by atoms with van der Waals surface area (Å²) < 4.78 is 5.35. The number of benzene rings is 2. The fraction of sp³-hybridized carbons (Fsp3) is 0.211. The van der Waals surface area contributed by atoms with Crippen LogP contribution in [0.4, 0.5) is 5.69 Å². The fourth-order valence-corrected chi connectivity index (χ4v) is 2.56. The van der Waals surface area contributed by atoms with Gasteiger partial charge in [-0.05, 0) is 35.9 Å². The van der Waals surface area contributed by atoms with Gasteiger partial charge in [-0.1, -0.05) is 30.3 Å². The molecule has 2 aromatic rings. The molecule has 0 spiro atoms. The highest BCUT2D eigenvalue weighted by Crippen LogP contribution is 2.19. The third-order valence-corrected chi connectivity index (χ3v) is 3.87. The summed E-state index contributed by atoms with van der Waals surface area (Å²) in [6.07, 6.45) is 3.25. The van der Waals surface area contributed by atoms with Gasteiger partial charge in [0.05, 0.1) is 18.8 Å². The van der Waals surface area contributed by atoms with E-state index in [1.54, 1.807) is 24.3 Å². The molecule has 1 heterocycles. The molecule has 0 aromatic heterocycles. The lowest BCUT2D eigenvalue weighted by Crippen LogP contribution is -2.36. The van der Waals surface area contributed by atoms with Crippen LogP contribution >= 0.6 is 0 Å². The van der Waals surface area contributed by atoms with Crippen molar-refractivity contribution in [1.29, 1.82) is 0 Å². The number of para-hydroxylation sites is 1. The smallest absolute Gasteiger partial charge is 0.189 e. The van der Waals surface area contributed by atoms with Crippen molar-refractivity contribution in [3.63, 3.8) is 0 Å². The number of carbonyl (C=O) groups is 1. The van der Waals surface area contributed by atoms with Crippen LogP contribution in [-0.2, 0) is 4.74 Å². The maximum atomic E-state index is 12.1. The van der Waals surface area contributed by atoms with E-state index >= 15 is 0 Å². The number of phenolic OH excluding ortho intramolecular Hbond substituents is 1. The van der Waals surface area contributed by atoms with Gasteiger partial charge in [0.15, 0.2) is 5.78 Å². The first-order valence-electron chi connectivity index (χ1n) is 7.67. The largest absolute Gasteiger partial charge is 0.507 e. The van der Waals surface area contributed by atoms with E-state index in [1.807, 2.05) is 12.1 Å². The van der Waals surface area contributed by atoms with E-state index in [2.05, 4.69) is 17.0 Å². The second kappa shape index (κ2) is 7.11. The van der Waals surface area contributed by atoms with Gasteiger partial charge in [-0.15, -0.1) is 0 Å². The number of carbonyl (C=O) groups excluding carboxylic acids is 1. The van der Waals surface area contributed by atoms with Gasteiger partial charge in [0.25, 0.3) is 0 Å². The topological polar surface area (TPSA) is 49.8 Å². The van der Waals surface area contributed by atoms with Crippen LogP contribution < -0.4 is 4.90 Å². The van der Waals surface area contributed by atoms with Crippen LogP contribution in [0, 0.1) is 0 Å². The number of rotatable bonds is 4. The molecule has 118 valence electrons. The second-order valence-electron chi connectivity index (χ2n) is 5.41. The zero-order valence-electron chi connectivity index (χ0n) is 12.8. The Hall–Kier alpha value is -2.59. The molecule has 23 heavy (non-hydrogen) atoms. The number of ketones is 1. The first-order chi connectivity index (χ1) is 11.2. The molecule has 1 saturated heterocycles. The molecule has 3 rings (SSSR count). The molecule has 0 aliphatic carbocycles. The standard InChI is InChI=1S/C19H19NO3/c21-18-4-2-1-3-17(18)19(22)10-7-15-5-8-16(9-6-15)20-11-13-23-14-12-20/h1-10,21H,11-14H2/b10-7+. The zero-order chi connectivity index (χ0) is 16.1. The van der Waals surface area contributed by atoms with Crippen molar-refractivity contribution in [2.24, 2.45) is 0 Å². The van der Waals surface area contributed by atoms with Crippen molar-refractivity contribution in [3.8, 4) is 5.75 Å². The van der Waals surface area contributed by atoms with Crippen LogP contribution in [0.5, 0.6) is 5.75 Å². The minimum Gasteiger partial charge on any atom is -0.507 e. The summed E-state index contributed by atoms with van der Waals surface area (Å²) in [4.78, 5) is 14.4. The Morgan fingerprint density at radius 3 is 2.43 bits per heavy atom. The van der Waals surface area contributed by atoms with Crippen molar-refractivity contribution in [2.45, 2.75) is 0 Å². The first kappa shape index (κ1) is 15.3. The molecule has 0 amide bonds. The Balaban J connectivity index is 1.68. The van der Waals surface area contributed by atoms with Crippen LogP contribution in [0.1, 0.15) is 15.9 Å². The predicted molar refractivity (Wildman–Crippen MR) is 90.9 cm³/mol. The van der Waals surface area contributed by atoms with Crippen molar-refractivity contribution >= 4 is 17.5 Å². The molecule has 1 aliphatic heterocycles. The quantitative estimate of drug-likeness (QED) is 0.696. The Bertz CT molecular complexity index is 701. The molecule has 0 unspecified atom stereocenters. The lowest BCUT2D eigenvalue weighted by atomic mass is 10.1. The van der Waals surface area contributed by atoms with Crippen LogP contribution in [0.3, 0.4) is 0 Å². The summed E-state index contributed by atoms with van der Waals surface area (Å²) >= 11 is 0. The molecule has 2 aromatic carbocycles. The molecule has 4 heteroatoms. The zero-order valence-corrected chi connectivity index (χ0v) is 12.8. The number of anilines is 1. The Labute approximate surface area is 135 Å². The number of phenols is 1. The minimum atomic E-state index is -0.208. The minimum absolute atomic E-state index is 0.00446. The number of hydrogen-bond donors (Lipinski definition) is 1. The van der Waals surface area contributed by atoms with E-state index < -0.39 is 0 Å². The third kappa shape index (κ3) is 3.79. The van der Waals surface area contributed by atoms with Crippen molar-refractivity contribution in [3.05, 3.63) is 65.7 Å². The summed E-state index contributed by atoms with van der Waals surface area (Å²) in [5, 5.41) is 9.69. The second-order valence-corrected chi connectivity index (χ2v) is 5.41. The number of aromatic hydroxyl groups is 1. The van der Waals surface area contributed by atoms with Gasteiger partial charge in [-0.3, -0.25) is 4.79 Å². The summed E-state index contributed by atoms with van der Waals surface area (Å²) in [6, 6.07) is 14.6. The van der Waals surface area contributed by atoms with Crippen molar-refractivity contribution in [2.75, 3.05) is 31.2 Å². The first-order valence-corrected chi connectivity index (χ1v) is 7.67.